The van der Waals surface area contributed by atoms with Crippen LogP contribution in [0.5, 0.6) is 0 Å². The second-order valence-corrected chi connectivity index (χ2v) is 6.58. The van der Waals surface area contributed by atoms with Crippen molar-refractivity contribution in [1.29, 1.82) is 0 Å². The zero-order valence-corrected chi connectivity index (χ0v) is 15.8. The van der Waals surface area contributed by atoms with Crippen molar-refractivity contribution in [2.45, 2.75) is 70.6 Å². The van der Waals surface area contributed by atoms with Gasteiger partial charge in [0.25, 0.3) is 0 Å². The van der Waals surface area contributed by atoms with Crippen molar-refractivity contribution in [3.05, 3.63) is 42.2 Å². The highest BCUT2D eigenvalue weighted by Gasteiger charge is 1.93. The van der Waals surface area contributed by atoms with E-state index in [-0.39, 0.29) is 0 Å². The lowest BCUT2D eigenvalue weighted by Gasteiger charge is -2.06. The minimum absolute atomic E-state index is 0.783. The lowest BCUT2D eigenvalue weighted by atomic mass is 10.1. The summed E-state index contributed by atoms with van der Waals surface area (Å²) in [4.78, 5) is 4.13. The average molecular weight is 343 g/mol. The first kappa shape index (κ1) is 21.4. The third-order valence-electron chi connectivity index (χ3n) is 4.15. The summed E-state index contributed by atoms with van der Waals surface area (Å²) >= 11 is 0. The number of hydrogen-bond donors (Lipinski definition) is 1. The highest BCUT2D eigenvalue weighted by Crippen LogP contribution is 2.08. The zero-order chi connectivity index (χ0) is 18.0. The number of allylic oxidation sites excluding steroid dienone is 2. The number of unbranched alkanes of at least 4 members (excludes halogenated alkanes) is 8. The van der Waals surface area contributed by atoms with E-state index >= 15 is 0 Å². The van der Waals surface area contributed by atoms with Gasteiger partial charge in [-0.2, -0.15) is 5.06 Å². The largest absolute Gasteiger partial charge is 0.314 e. The maximum Gasteiger partial charge on any atom is 0.0299 e. The molecule has 0 unspecified atom stereocenters. The Morgan fingerprint density at radius 2 is 1.88 bits per heavy atom. The van der Waals surface area contributed by atoms with Gasteiger partial charge in [-0.15, -0.1) is 0 Å². The molecule has 138 valence electrons. The van der Waals surface area contributed by atoms with E-state index in [0.717, 1.165) is 38.6 Å². The third kappa shape index (κ3) is 14.4. The van der Waals surface area contributed by atoms with Gasteiger partial charge >= 0.3 is 0 Å². The number of hydrogen-bond acceptors (Lipinski definition) is 3. The normalized spacial score (nSPS) is 11.0. The van der Waals surface area contributed by atoms with Gasteiger partial charge in [-0.3, -0.25) is 4.98 Å². The molecule has 0 atom stereocenters. The summed E-state index contributed by atoms with van der Waals surface area (Å²) in [5, 5.41) is 10.3. The highest BCUT2D eigenvalue weighted by molar-refractivity contribution is 5.15. The predicted molar refractivity (Wildman–Crippen MR) is 105 cm³/mol. The van der Waals surface area contributed by atoms with Crippen LogP contribution in [0.2, 0.25) is 0 Å². The van der Waals surface area contributed by atoms with E-state index in [0.29, 0.717) is 0 Å². The van der Waals surface area contributed by atoms with Crippen molar-refractivity contribution >= 4 is 0 Å². The van der Waals surface area contributed by atoms with Gasteiger partial charge in [0.2, 0.25) is 0 Å². The summed E-state index contributed by atoms with van der Waals surface area (Å²) in [6, 6.07) is 4.13. The molecule has 3 heteroatoms. The Kier molecular flexibility index (Phi) is 13.6. The van der Waals surface area contributed by atoms with Crippen LogP contribution in [-0.2, 0) is 6.42 Å². The summed E-state index contributed by atoms with van der Waals surface area (Å²) < 4.78 is 0. The molecule has 0 aliphatic heterocycles. The van der Waals surface area contributed by atoms with Crippen molar-refractivity contribution in [3.63, 3.8) is 0 Å². The van der Waals surface area contributed by atoms with Crippen LogP contribution < -0.4 is 0 Å². The number of aromatic nitrogens is 1. The van der Waals surface area contributed by atoms with E-state index in [1.165, 1.54) is 49.2 Å². The van der Waals surface area contributed by atoms with Gasteiger partial charge in [0.15, 0.2) is 0 Å². The Labute approximate surface area is 154 Å². The second kappa shape index (κ2) is 15.9. The molecule has 0 amide bonds. The topological polar surface area (TPSA) is 36.4 Å². The Balaban J connectivity index is 1.86. The minimum atomic E-state index is 0.783. The fraction of sp³-hybridized carbons (Fsp3) is 0.591. The lowest BCUT2D eigenvalue weighted by Crippen LogP contribution is -2.13. The molecule has 0 saturated carbocycles. The van der Waals surface area contributed by atoms with Crippen molar-refractivity contribution in [2.75, 3.05) is 13.6 Å². The zero-order valence-electron chi connectivity index (χ0n) is 15.8. The van der Waals surface area contributed by atoms with Crippen LogP contribution in [0.3, 0.4) is 0 Å². The van der Waals surface area contributed by atoms with Gasteiger partial charge in [0, 0.05) is 32.4 Å². The SMILES string of the molecule is CN(O)CCCCCCCCC=CC#CCCCCc1cccnc1. The Morgan fingerprint density at radius 1 is 1.08 bits per heavy atom. The monoisotopic (exact) mass is 342 g/mol. The number of nitrogens with zero attached hydrogens (tertiary/aromatic N) is 2. The van der Waals surface area contributed by atoms with Gasteiger partial charge in [0.05, 0.1) is 0 Å². The van der Waals surface area contributed by atoms with Gasteiger partial charge in [-0.1, -0.05) is 49.7 Å². The fourth-order valence-electron chi connectivity index (χ4n) is 2.67. The van der Waals surface area contributed by atoms with Gasteiger partial charge in [0.1, 0.15) is 0 Å². The van der Waals surface area contributed by atoms with Gasteiger partial charge in [-0.05, 0) is 56.2 Å². The molecule has 0 radical (unpaired) electrons. The van der Waals surface area contributed by atoms with Crippen LogP contribution in [0.25, 0.3) is 0 Å². The van der Waals surface area contributed by atoms with Crippen LogP contribution in [0.4, 0.5) is 0 Å². The van der Waals surface area contributed by atoms with Gasteiger partial charge in [-0.25, -0.2) is 0 Å². The maximum absolute atomic E-state index is 9.02. The van der Waals surface area contributed by atoms with Crippen molar-refractivity contribution in [1.82, 2.24) is 10.0 Å². The summed E-state index contributed by atoms with van der Waals surface area (Å²) in [7, 11) is 1.71. The quantitative estimate of drug-likeness (QED) is 0.296. The molecule has 1 aromatic heterocycles. The molecule has 25 heavy (non-hydrogen) atoms. The molecule has 1 aromatic rings. The molecular weight excluding hydrogens is 308 g/mol. The third-order valence-corrected chi connectivity index (χ3v) is 4.15. The molecule has 0 aliphatic rings. The number of hydroxylamine groups is 2. The fourth-order valence-corrected chi connectivity index (χ4v) is 2.67. The molecule has 1 heterocycles. The second-order valence-electron chi connectivity index (χ2n) is 6.58. The predicted octanol–water partition coefficient (Wildman–Crippen LogP) is 5.41. The number of rotatable bonds is 13. The first-order chi connectivity index (χ1) is 12.3. The first-order valence-electron chi connectivity index (χ1n) is 9.71. The van der Waals surface area contributed by atoms with Gasteiger partial charge < -0.3 is 5.21 Å². The summed E-state index contributed by atoms with van der Waals surface area (Å²) in [5.74, 6) is 6.37. The molecule has 1 N–H and O–H groups in total. The summed E-state index contributed by atoms with van der Waals surface area (Å²) in [6.07, 6.45) is 20.9. The molecule has 1 rings (SSSR count). The Hall–Kier alpha value is -1.63. The van der Waals surface area contributed by atoms with E-state index in [2.05, 4.69) is 29.0 Å². The maximum atomic E-state index is 9.02. The molecular formula is C22H34N2O. The lowest BCUT2D eigenvalue weighted by molar-refractivity contribution is -0.0655. The molecule has 3 nitrogen and oxygen atoms in total. The molecule has 0 aliphatic carbocycles. The number of pyridine rings is 1. The van der Waals surface area contributed by atoms with Crippen LogP contribution in [-0.4, -0.2) is 28.8 Å². The molecule has 0 bridgehead atoms. The van der Waals surface area contributed by atoms with Crippen molar-refractivity contribution < 1.29 is 5.21 Å². The highest BCUT2D eigenvalue weighted by atomic mass is 16.5. The molecule has 0 fully saturated rings. The summed E-state index contributed by atoms with van der Waals surface area (Å²) in [6.45, 7) is 0.783. The first-order valence-corrected chi connectivity index (χ1v) is 9.71. The summed E-state index contributed by atoms with van der Waals surface area (Å²) in [5.41, 5.74) is 1.32. The van der Waals surface area contributed by atoms with E-state index in [4.69, 9.17) is 5.21 Å². The van der Waals surface area contributed by atoms with Crippen molar-refractivity contribution in [2.24, 2.45) is 0 Å². The average Bonchev–Trinajstić information content (AvgIpc) is 2.62. The van der Waals surface area contributed by atoms with E-state index < -0.39 is 0 Å². The molecule has 0 saturated heterocycles. The van der Waals surface area contributed by atoms with Crippen molar-refractivity contribution in [3.8, 4) is 11.8 Å². The minimum Gasteiger partial charge on any atom is -0.314 e. The van der Waals surface area contributed by atoms with E-state index in [1.807, 2.05) is 24.5 Å². The van der Waals surface area contributed by atoms with Crippen LogP contribution in [0.15, 0.2) is 36.7 Å². The smallest absolute Gasteiger partial charge is 0.0299 e. The van der Waals surface area contributed by atoms with Crippen LogP contribution in [0, 0.1) is 11.8 Å². The molecule has 0 spiro atoms. The standard InChI is InChI=1S/C22H34N2O/c1-24(25)20-15-13-11-9-7-5-3-2-4-6-8-10-12-14-17-22-18-16-19-23-21-22/h2,4,16,18-19,21,25H,3,5,7,9-15,17,20H2,1H3. The number of aryl methyl sites for hydroxylation is 1. The molecule has 0 aromatic carbocycles. The van der Waals surface area contributed by atoms with E-state index in [1.54, 1.807) is 7.05 Å². The van der Waals surface area contributed by atoms with E-state index in [9.17, 15) is 0 Å². The van der Waals surface area contributed by atoms with Crippen LogP contribution >= 0.6 is 0 Å². The Morgan fingerprint density at radius 3 is 2.64 bits per heavy atom. The van der Waals surface area contributed by atoms with Crippen LogP contribution in [0.1, 0.15) is 69.8 Å². The Bertz CT molecular complexity index is 500.